The molecule has 0 aliphatic heterocycles. The summed E-state index contributed by atoms with van der Waals surface area (Å²) in [5.74, 6) is -1.38. The third-order valence-corrected chi connectivity index (χ3v) is 5.36. The third-order valence-electron chi connectivity index (χ3n) is 5.36. The van der Waals surface area contributed by atoms with Gasteiger partial charge >= 0.3 is 5.97 Å². The highest BCUT2D eigenvalue weighted by Crippen LogP contribution is 2.27. The second kappa shape index (κ2) is 10.7. The number of nitrogens with zero attached hydrogens (tertiary/aromatic N) is 2. The molecule has 3 rings (SSSR count). The van der Waals surface area contributed by atoms with Crippen LogP contribution in [0.1, 0.15) is 36.3 Å². The molecule has 0 fully saturated rings. The summed E-state index contributed by atoms with van der Waals surface area (Å²) in [6, 6.07) is 17.6. The number of hydrogen-bond acceptors (Lipinski definition) is 5. The molecule has 1 heterocycles. The number of hydrogen-bond donors (Lipinski definition) is 3. The second-order valence-corrected chi connectivity index (χ2v) is 8.00. The van der Waals surface area contributed by atoms with Crippen LogP contribution in [0.5, 0.6) is 0 Å². The first-order valence-corrected chi connectivity index (χ1v) is 10.5. The number of carboxylic acids is 1. The van der Waals surface area contributed by atoms with Gasteiger partial charge < -0.3 is 15.2 Å². The standard InChI is InChI=1S/C24H28N4O4/c1-3-32-16-24(2,23(30)31)14-20(26-22(29)21-15-25-28-27-21)13-17-9-11-19(12-10-17)18-7-5-4-6-8-18/h4-12,15,20H,3,13-14,16H2,1-2H3,(H,26,29)(H,30,31)(H,25,27,28). The van der Waals surface area contributed by atoms with Gasteiger partial charge in [0.25, 0.3) is 5.91 Å². The molecular weight excluding hydrogens is 408 g/mol. The van der Waals surface area contributed by atoms with E-state index in [1.165, 1.54) is 6.20 Å². The lowest BCUT2D eigenvalue weighted by Crippen LogP contribution is -2.44. The van der Waals surface area contributed by atoms with Crippen LogP contribution in [0.15, 0.2) is 60.8 Å². The minimum absolute atomic E-state index is 0.0576. The minimum Gasteiger partial charge on any atom is -0.481 e. The quantitative estimate of drug-likeness (QED) is 0.424. The number of aromatic amines is 1. The summed E-state index contributed by atoms with van der Waals surface area (Å²) in [6.45, 7) is 3.93. The van der Waals surface area contributed by atoms with Crippen LogP contribution in [-0.2, 0) is 16.0 Å². The average Bonchev–Trinajstić information content (AvgIpc) is 3.34. The van der Waals surface area contributed by atoms with Gasteiger partial charge in [-0.1, -0.05) is 54.6 Å². The van der Waals surface area contributed by atoms with E-state index in [9.17, 15) is 14.7 Å². The molecule has 0 aliphatic carbocycles. The van der Waals surface area contributed by atoms with E-state index in [-0.39, 0.29) is 18.7 Å². The first-order valence-electron chi connectivity index (χ1n) is 10.5. The van der Waals surface area contributed by atoms with E-state index in [1.807, 2.05) is 61.5 Å². The Labute approximate surface area is 187 Å². The van der Waals surface area contributed by atoms with Gasteiger partial charge in [0.15, 0.2) is 5.69 Å². The van der Waals surface area contributed by atoms with E-state index in [0.29, 0.717) is 13.0 Å². The van der Waals surface area contributed by atoms with Gasteiger partial charge in [0, 0.05) is 12.6 Å². The highest BCUT2D eigenvalue weighted by Gasteiger charge is 2.37. The van der Waals surface area contributed by atoms with E-state index in [2.05, 4.69) is 20.7 Å². The van der Waals surface area contributed by atoms with Crippen molar-refractivity contribution in [2.45, 2.75) is 32.7 Å². The van der Waals surface area contributed by atoms with Crippen LogP contribution in [0.2, 0.25) is 0 Å². The Bertz CT molecular complexity index is 1010. The molecule has 3 N–H and O–H groups in total. The Morgan fingerprint density at radius 1 is 1.12 bits per heavy atom. The molecule has 32 heavy (non-hydrogen) atoms. The Kier molecular flexibility index (Phi) is 7.72. The van der Waals surface area contributed by atoms with E-state index >= 15 is 0 Å². The normalized spacial score (nSPS) is 13.8. The zero-order valence-corrected chi connectivity index (χ0v) is 18.2. The van der Waals surface area contributed by atoms with Crippen molar-refractivity contribution in [3.05, 3.63) is 72.1 Å². The fraction of sp³-hybridized carbons (Fsp3) is 0.333. The molecule has 0 saturated carbocycles. The zero-order chi connectivity index (χ0) is 23.0. The fourth-order valence-corrected chi connectivity index (χ4v) is 3.57. The highest BCUT2D eigenvalue weighted by molar-refractivity contribution is 5.92. The number of aliphatic carboxylic acids is 1. The minimum atomic E-state index is -1.15. The predicted octanol–water partition coefficient (Wildman–Crippen LogP) is 3.33. The third kappa shape index (κ3) is 6.01. The molecule has 8 heteroatoms. The summed E-state index contributed by atoms with van der Waals surface area (Å²) in [5.41, 5.74) is 2.19. The van der Waals surface area contributed by atoms with Gasteiger partial charge in [0.2, 0.25) is 0 Å². The number of ether oxygens (including phenoxy) is 1. The molecule has 8 nitrogen and oxygen atoms in total. The maximum Gasteiger partial charge on any atom is 0.311 e. The molecule has 0 saturated heterocycles. The van der Waals surface area contributed by atoms with Crippen molar-refractivity contribution in [2.24, 2.45) is 5.41 Å². The maximum atomic E-state index is 12.6. The summed E-state index contributed by atoms with van der Waals surface area (Å²) in [6.07, 6.45) is 2.00. The number of amides is 1. The van der Waals surface area contributed by atoms with Gasteiger partial charge in [0.1, 0.15) is 0 Å². The summed E-state index contributed by atoms with van der Waals surface area (Å²) in [4.78, 5) is 24.6. The zero-order valence-electron chi connectivity index (χ0n) is 18.2. The average molecular weight is 437 g/mol. The van der Waals surface area contributed by atoms with Crippen LogP contribution >= 0.6 is 0 Å². The van der Waals surface area contributed by atoms with Crippen LogP contribution in [-0.4, -0.2) is 51.6 Å². The number of carboxylic acid groups (broad SMARTS) is 1. The van der Waals surface area contributed by atoms with Gasteiger partial charge in [-0.3, -0.25) is 9.59 Å². The Morgan fingerprint density at radius 2 is 1.81 bits per heavy atom. The van der Waals surface area contributed by atoms with Gasteiger partial charge in [0.05, 0.1) is 18.2 Å². The fourth-order valence-electron chi connectivity index (χ4n) is 3.57. The van der Waals surface area contributed by atoms with Crippen molar-refractivity contribution < 1.29 is 19.4 Å². The molecule has 0 spiro atoms. The Morgan fingerprint density at radius 3 is 2.41 bits per heavy atom. The van der Waals surface area contributed by atoms with Crippen molar-refractivity contribution in [1.82, 2.24) is 20.7 Å². The summed E-state index contributed by atoms with van der Waals surface area (Å²) in [5, 5.41) is 22.6. The van der Waals surface area contributed by atoms with Gasteiger partial charge in [-0.2, -0.15) is 15.4 Å². The smallest absolute Gasteiger partial charge is 0.311 e. The van der Waals surface area contributed by atoms with Crippen molar-refractivity contribution in [2.75, 3.05) is 13.2 Å². The molecule has 2 atom stereocenters. The lowest BCUT2D eigenvalue weighted by atomic mass is 9.82. The Hall–Kier alpha value is -3.52. The molecule has 3 aromatic rings. The molecule has 0 bridgehead atoms. The number of nitrogens with one attached hydrogen (secondary N) is 2. The van der Waals surface area contributed by atoms with Crippen LogP contribution in [0.3, 0.4) is 0 Å². The largest absolute Gasteiger partial charge is 0.481 e. The SMILES string of the molecule is CCOCC(C)(CC(Cc1ccc(-c2ccccc2)cc1)NC(=O)c1cn[nH]n1)C(=O)O. The number of carbonyl (C=O) groups is 2. The summed E-state index contributed by atoms with van der Waals surface area (Å²) in [7, 11) is 0. The van der Waals surface area contributed by atoms with Crippen molar-refractivity contribution in [3.63, 3.8) is 0 Å². The lowest BCUT2D eigenvalue weighted by Gasteiger charge is -2.30. The van der Waals surface area contributed by atoms with Crippen molar-refractivity contribution in [1.29, 1.82) is 0 Å². The molecule has 2 aromatic carbocycles. The van der Waals surface area contributed by atoms with Crippen LogP contribution in [0, 0.1) is 5.41 Å². The van der Waals surface area contributed by atoms with E-state index < -0.39 is 23.3 Å². The molecule has 1 amide bonds. The molecule has 0 aliphatic rings. The second-order valence-electron chi connectivity index (χ2n) is 8.00. The summed E-state index contributed by atoms with van der Waals surface area (Å²) >= 11 is 0. The van der Waals surface area contributed by atoms with Crippen molar-refractivity contribution in [3.8, 4) is 11.1 Å². The number of carbonyl (C=O) groups excluding carboxylic acids is 1. The molecule has 0 radical (unpaired) electrons. The molecule has 2 unspecified atom stereocenters. The summed E-state index contributed by atoms with van der Waals surface area (Å²) < 4.78 is 5.43. The molecule has 168 valence electrons. The first kappa shape index (κ1) is 23.1. The highest BCUT2D eigenvalue weighted by atomic mass is 16.5. The van der Waals surface area contributed by atoms with Crippen LogP contribution in [0.4, 0.5) is 0 Å². The van der Waals surface area contributed by atoms with Gasteiger partial charge in [-0.15, -0.1) is 0 Å². The van der Waals surface area contributed by atoms with Gasteiger partial charge in [-0.05, 0) is 43.4 Å². The van der Waals surface area contributed by atoms with Gasteiger partial charge in [-0.25, -0.2) is 0 Å². The predicted molar refractivity (Wildman–Crippen MR) is 120 cm³/mol. The topological polar surface area (TPSA) is 117 Å². The lowest BCUT2D eigenvalue weighted by molar-refractivity contribution is -0.152. The number of rotatable bonds is 11. The molecular formula is C24H28N4O4. The first-order chi connectivity index (χ1) is 15.4. The monoisotopic (exact) mass is 436 g/mol. The van der Waals surface area contributed by atoms with Crippen LogP contribution in [0.25, 0.3) is 11.1 Å². The maximum absolute atomic E-state index is 12.6. The number of benzene rings is 2. The van der Waals surface area contributed by atoms with E-state index in [0.717, 1.165) is 16.7 Å². The van der Waals surface area contributed by atoms with Crippen LogP contribution < -0.4 is 5.32 Å². The number of H-pyrrole nitrogens is 1. The van der Waals surface area contributed by atoms with E-state index in [1.54, 1.807) is 6.92 Å². The Balaban J connectivity index is 1.79. The molecule has 1 aromatic heterocycles. The van der Waals surface area contributed by atoms with Crippen molar-refractivity contribution >= 4 is 11.9 Å². The number of aromatic nitrogens is 3. The van der Waals surface area contributed by atoms with E-state index in [4.69, 9.17) is 4.74 Å².